The van der Waals surface area contributed by atoms with Crippen molar-refractivity contribution in [2.75, 3.05) is 13.7 Å². The van der Waals surface area contributed by atoms with Gasteiger partial charge in [-0.2, -0.15) is 0 Å². The van der Waals surface area contributed by atoms with E-state index in [0.717, 1.165) is 21.1 Å². The van der Waals surface area contributed by atoms with Crippen LogP contribution < -0.4 is 14.8 Å². The number of carbonyl (C=O) groups is 2. The third-order valence-corrected chi connectivity index (χ3v) is 5.89. The highest BCUT2D eigenvalue weighted by Gasteiger charge is 2.14. The molecule has 0 saturated carbocycles. The Hall–Kier alpha value is -2.90. The van der Waals surface area contributed by atoms with E-state index in [2.05, 4.69) is 10.3 Å². The maximum absolute atomic E-state index is 12.2. The Morgan fingerprint density at radius 3 is 2.63 bits per heavy atom. The Kier molecular flexibility index (Phi) is 7.07. The highest BCUT2D eigenvalue weighted by atomic mass is 35.5. The summed E-state index contributed by atoms with van der Waals surface area (Å²) >= 11 is 7.74. The molecule has 30 heavy (non-hydrogen) atoms. The van der Waals surface area contributed by atoms with Crippen molar-refractivity contribution in [2.24, 2.45) is 0 Å². The maximum Gasteiger partial charge on any atom is 0.258 e. The van der Waals surface area contributed by atoms with Gasteiger partial charge in [0, 0.05) is 16.0 Å². The van der Waals surface area contributed by atoms with Gasteiger partial charge in [-0.15, -0.1) is 11.3 Å². The molecule has 6 nitrogen and oxygen atoms in total. The molecule has 0 saturated heterocycles. The summed E-state index contributed by atoms with van der Waals surface area (Å²) < 4.78 is 10.8. The molecular formula is C22H21ClN2O4S. The molecule has 0 aliphatic rings. The van der Waals surface area contributed by atoms with Crippen molar-refractivity contribution in [3.05, 3.63) is 63.6 Å². The number of halogens is 1. The molecule has 2 aromatic carbocycles. The lowest BCUT2D eigenvalue weighted by Gasteiger charge is -2.11. The zero-order chi connectivity index (χ0) is 21.7. The van der Waals surface area contributed by atoms with Gasteiger partial charge in [-0.3, -0.25) is 9.59 Å². The van der Waals surface area contributed by atoms with Crippen LogP contribution >= 0.6 is 22.9 Å². The summed E-state index contributed by atoms with van der Waals surface area (Å²) in [7, 11) is 1.48. The first-order valence-corrected chi connectivity index (χ1v) is 10.4. The quantitative estimate of drug-likeness (QED) is 0.510. The molecule has 156 valence electrons. The van der Waals surface area contributed by atoms with Crippen molar-refractivity contribution in [1.82, 2.24) is 10.3 Å². The number of thiazole rings is 1. The Morgan fingerprint density at radius 1 is 1.17 bits per heavy atom. The number of ketones is 1. The summed E-state index contributed by atoms with van der Waals surface area (Å²) in [6.07, 6.45) is 0. The molecule has 0 aliphatic heterocycles. The van der Waals surface area contributed by atoms with Crippen LogP contribution in [0.15, 0.2) is 42.5 Å². The van der Waals surface area contributed by atoms with E-state index in [1.807, 2.05) is 31.2 Å². The van der Waals surface area contributed by atoms with E-state index in [4.69, 9.17) is 21.1 Å². The van der Waals surface area contributed by atoms with E-state index in [9.17, 15) is 9.59 Å². The summed E-state index contributed by atoms with van der Waals surface area (Å²) in [6.45, 7) is 3.54. The summed E-state index contributed by atoms with van der Waals surface area (Å²) in [5.74, 6) is 0.444. The Morgan fingerprint density at radius 2 is 1.93 bits per heavy atom. The fourth-order valence-electron chi connectivity index (χ4n) is 2.72. The standard InChI is InChI=1S/C22H21ClN2O4S/c1-13-20(30-22(25-13)16-6-4-5-7-17(16)23)11-24-21(27)12-29-18-9-8-15(14(2)26)10-19(18)28-3/h4-10H,11-12H2,1-3H3,(H,24,27). The van der Waals surface area contributed by atoms with Crippen LogP contribution in [0.2, 0.25) is 5.02 Å². The first-order chi connectivity index (χ1) is 14.4. The van der Waals surface area contributed by atoms with Crippen LogP contribution in [-0.2, 0) is 11.3 Å². The van der Waals surface area contributed by atoms with Crippen LogP contribution in [0.1, 0.15) is 27.9 Å². The lowest BCUT2D eigenvalue weighted by molar-refractivity contribution is -0.123. The molecule has 0 atom stereocenters. The van der Waals surface area contributed by atoms with Crippen molar-refractivity contribution in [1.29, 1.82) is 0 Å². The number of nitrogens with one attached hydrogen (secondary N) is 1. The van der Waals surface area contributed by atoms with Gasteiger partial charge in [0.25, 0.3) is 5.91 Å². The average molecular weight is 445 g/mol. The lowest BCUT2D eigenvalue weighted by Crippen LogP contribution is -2.28. The number of carbonyl (C=O) groups excluding carboxylic acids is 2. The minimum atomic E-state index is -0.278. The van der Waals surface area contributed by atoms with Crippen LogP contribution in [0, 0.1) is 6.92 Å². The molecule has 0 unspecified atom stereocenters. The number of aromatic nitrogens is 1. The van der Waals surface area contributed by atoms with Gasteiger partial charge in [0.05, 0.1) is 24.4 Å². The number of amides is 1. The minimum absolute atomic E-state index is 0.0753. The van der Waals surface area contributed by atoms with E-state index in [0.29, 0.717) is 28.6 Å². The second kappa shape index (κ2) is 9.73. The Balaban J connectivity index is 1.59. The SMILES string of the molecule is COc1cc(C(C)=O)ccc1OCC(=O)NCc1sc(-c2ccccc2Cl)nc1C. The highest BCUT2D eigenvalue weighted by molar-refractivity contribution is 7.15. The number of methoxy groups -OCH3 is 1. The van der Waals surface area contributed by atoms with Gasteiger partial charge in [-0.1, -0.05) is 29.8 Å². The Bertz CT molecular complexity index is 1080. The fourth-order valence-corrected chi connectivity index (χ4v) is 4.04. The number of hydrogen-bond donors (Lipinski definition) is 1. The van der Waals surface area contributed by atoms with E-state index >= 15 is 0 Å². The summed E-state index contributed by atoms with van der Waals surface area (Å²) in [6, 6.07) is 12.4. The number of benzene rings is 2. The molecule has 1 aromatic heterocycles. The smallest absolute Gasteiger partial charge is 0.258 e. The highest BCUT2D eigenvalue weighted by Crippen LogP contribution is 2.32. The molecule has 1 amide bonds. The molecular weight excluding hydrogens is 424 g/mol. The van der Waals surface area contributed by atoms with E-state index in [-0.39, 0.29) is 18.3 Å². The molecule has 8 heteroatoms. The van der Waals surface area contributed by atoms with Crippen LogP contribution in [0.4, 0.5) is 0 Å². The lowest BCUT2D eigenvalue weighted by atomic mass is 10.1. The number of ether oxygens (including phenoxy) is 2. The van der Waals surface area contributed by atoms with Crippen molar-refractivity contribution in [2.45, 2.75) is 20.4 Å². The third kappa shape index (κ3) is 5.17. The van der Waals surface area contributed by atoms with Gasteiger partial charge in [-0.25, -0.2) is 4.98 Å². The van der Waals surface area contributed by atoms with Gasteiger partial charge >= 0.3 is 0 Å². The van der Waals surface area contributed by atoms with Crippen molar-refractivity contribution in [3.63, 3.8) is 0 Å². The number of rotatable bonds is 8. The minimum Gasteiger partial charge on any atom is -0.493 e. The predicted octanol–water partition coefficient (Wildman–Crippen LogP) is 4.68. The van der Waals surface area contributed by atoms with E-state index in [1.165, 1.54) is 25.4 Å². The number of hydrogen-bond acceptors (Lipinski definition) is 6. The normalized spacial score (nSPS) is 10.5. The van der Waals surface area contributed by atoms with Crippen LogP contribution in [0.3, 0.4) is 0 Å². The zero-order valence-corrected chi connectivity index (χ0v) is 18.4. The summed E-state index contributed by atoms with van der Waals surface area (Å²) in [4.78, 5) is 29.2. The van der Waals surface area contributed by atoms with Crippen LogP contribution in [0.5, 0.6) is 11.5 Å². The van der Waals surface area contributed by atoms with Crippen LogP contribution in [-0.4, -0.2) is 30.4 Å². The van der Waals surface area contributed by atoms with Gasteiger partial charge < -0.3 is 14.8 Å². The van der Waals surface area contributed by atoms with Gasteiger partial charge in [0.2, 0.25) is 0 Å². The molecule has 0 radical (unpaired) electrons. The van der Waals surface area contributed by atoms with E-state index in [1.54, 1.807) is 18.2 Å². The molecule has 0 aliphatic carbocycles. The molecule has 3 aromatic rings. The maximum atomic E-state index is 12.2. The average Bonchev–Trinajstić information content (AvgIpc) is 3.11. The zero-order valence-electron chi connectivity index (χ0n) is 16.8. The van der Waals surface area contributed by atoms with Gasteiger partial charge in [0.1, 0.15) is 5.01 Å². The topological polar surface area (TPSA) is 77.5 Å². The van der Waals surface area contributed by atoms with Crippen molar-refractivity contribution < 1.29 is 19.1 Å². The summed E-state index contributed by atoms with van der Waals surface area (Å²) in [5, 5.41) is 4.29. The predicted molar refractivity (Wildman–Crippen MR) is 118 cm³/mol. The fraction of sp³-hybridized carbons (Fsp3) is 0.227. The molecule has 3 rings (SSSR count). The number of aryl methyl sites for hydroxylation is 1. The molecule has 1 N–H and O–H groups in total. The molecule has 0 bridgehead atoms. The molecule has 0 fully saturated rings. The first kappa shape index (κ1) is 21.8. The second-order valence-electron chi connectivity index (χ2n) is 6.49. The first-order valence-electron chi connectivity index (χ1n) is 9.18. The molecule has 1 heterocycles. The van der Waals surface area contributed by atoms with Gasteiger partial charge in [0.15, 0.2) is 23.9 Å². The Labute approximate surface area is 183 Å². The van der Waals surface area contributed by atoms with Gasteiger partial charge in [-0.05, 0) is 38.1 Å². The second-order valence-corrected chi connectivity index (χ2v) is 7.99. The van der Waals surface area contributed by atoms with Crippen molar-refractivity contribution in [3.8, 4) is 22.1 Å². The van der Waals surface area contributed by atoms with E-state index < -0.39 is 0 Å². The number of Topliss-reactive ketones (excluding diaryl/α,β-unsaturated/α-hetero) is 1. The largest absolute Gasteiger partial charge is 0.493 e. The van der Waals surface area contributed by atoms with Crippen LogP contribution in [0.25, 0.3) is 10.6 Å². The molecule has 0 spiro atoms. The third-order valence-electron chi connectivity index (χ3n) is 4.37. The van der Waals surface area contributed by atoms with Crippen molar-refractivity contribution >= 4 is 34.6 Å². The monoisotopic (exact) mass is 444 g/mol. The number of nitrogens with zero attached hydrogens (tertiary/aromatic N) is 1. The summed E-state index contributed by atoms with van der Waals surface area (Å²) in [5.41, 5.74) is 2.23.